The fourth-order valence-corrected chi connectivity index (χ4v) is 3.67. The Morgan fingerprint density at radius 2 is 1.80 bits per heavy atom. The van der Waals surface area contributed by atoms with Gasteiger partial charge in [0.15, 0.2) is 0 Å². The fraction of sp³-hybridized carbons (Fsp3) is 0.467. The Balaban J connectivity index is 2.09. The Hall–Kier alpha value is -1.51. The molecule has 1 aliphatic rings. The molecule has 1 aliphatic heterocycles. The van der Waals surface area contributed by atoms with Crippen LogP contribution in [0, 0.1) is 11.8 Å². The molecule has 0 atom stereocenters. The van der Waals surface area contributed by atoms with E-state index in [4.69, 9.17) is 4.74 Å². The molecule has 20 heavy (non-hydrogen) atoms. The molecule has 4 nitrogen and oxygen atoms in total. The molecule has 1 aromatic rings. The second kappa shape index (κ2) is 6.78. The number of benzene rings is 1. The second-order valence-electron chi connectivity index (χ2n) is 4.65. The molecule has 0 unspecified atom stereocenters. The summed E-state index contributed by atoms with van der Waals surface area (Å²) in [5, 5.41) is 0. The molecular weight excluding hydrogens is 274 g/mol. The van der Waals surface area contributed by atoms with Gasteiger partial charge in [0.2, 0.25) is 10.0 Å². The van der Waals surface area contributed by atoms with Gasteiger partial charge in [0, 0.05) is 13.1 Å². The average Bonchev–Trinajstić information content (AvgIpc) is 2.49. The topological polar surface area (TPSA) is 46.6 Å². The molecule has 0 N–H and O–H groups in total. The van der Waals surface area contributed by atoms with E-state index >= 15 is 0 Å². The molecule has 0 aliphatic carbocycles. The van der Waals surface area contributed by atoms with Crippen molar-refractivity contribution < 1.29 is 13.2 Å². The van der Waals surface area contributed by atoms with E-state index in [1.807, 2.05) is 0 Å². The lowest BCUT2D eigenvalue weighted by molar-refractivity contribution is 0.346. The molecule has 0 radical (unpaired) electrons. The molecule has 0 amide bonds. The Morgan fingerprint density at radius 1 is 1.15 bits per heavy atom. The molecule has 0 bridgehead atoms. The van der Waals surface area contributed by atoms with Crippen molar-refractivity contribution in [1.29, 1.82) is 0 Å². The third kappa shape index (κ3) is 3.53. The second-order valence-corrected chi connectivity index (χ2v) is 6.59. The molecule has 0 spiro atoms. The lowest BCUT2D eigenvalue weighted by atomic mass is 10.2. The van der Waals surface area contributed by atoms with Crippen molar-refractivity contribution in [2.75, 3.05) is 19.7 Å². The predicted octanol–water partition coefficient (Wildman–Crippen LogP) is 2.26. The maximum atomic E-state index is 12.4. The fourth-order valence-electron chi connectivity index (χ4n) is 2.15. The summed E-state index contributed by atoms with van der Waals surface area (Å²) in [5.74, 6) is 6.16. The molecule has 108 valence electrons. The highest BCUT2D eigenvalue weighted by atomic mass is 32.2. The molecule has 1 fully saturated rings. The Labute approximate surface area is 120 Å². The van der Waals surface area contributed by atoms with Gasteiger partial charge in [0.1, 0.15) is 12.4 Å². The largest absolute Gasteiger partial charge is 0.481 e. The predicted molar refractivity (Wildman–Crippen MR) is 78.0 cm³/mol. The molecule has 0 saturated carbocycles. The Kier molecular flexibility index (Phi) is 5.05. The van der Waals surface area contributed by atoms with Crippen molar-refractivity contribution in [3.8, 4) is 17.6 Å². The summed E-state index contributed by atoms with van der Waals surface area (Å²) in [5.41, 5.74) is 0. The number of hydrogen-bond donors (Lipinski definition) is 0. The summed E-state index contributed by atoms with van der Waals surface area (Å²) >= 11 is 0. The van der Waals surface area contributed by atoms with Gasteiger partial charge in [-0.1, -0.05) is 12.3 Å². The van der Waals surface area contributed by atoms with Crippen molar-refractivity contribution in [2.24, 2.45) is 0 Å². The maximum absolute atomic E-state index is 12.4. The van der Waals surface area contributed by atoms with E-state index < -0.39 is 10.0 Å². The summed E-state index contributed by atoms with van der Waals surface area (Å²) in [6, 6.07) is 6.54. The lowest BCUT2D eigenvalue weighted by Crippen LogP contribution is -2.35. The number of nitrogens with zero attached hydrogens (tertiary/aromatic N) is 1. The van der Waals surface area contributed by atoms with E-state index in [1.54, 1.807) is 35.5 Å². The summed E-state index contributed by atoms with van der Waals surface area (Å²) in [6.45, 7) is 3.30. The van der Waals surface area contributed by atoms with Gasteiger partial charge in [0.25, 0.3) is 0 Å². The highest BCUT2D eigenvalue weighted by Crippen LogP contribution is 2.22. The first-order valence-electron chi connectivity index (χ1n) is 6.77. The van der Waals surface area contributed by atoms with Crippen LogP contribution in [-0.2, 0) is 10.0 Å². The van der Waals surface area contributed by atoms with Crippen LogP contribution < -0.4 is 4.74 Å². The number of hydrogen-bond acceptors (Lipinski definition) is 3. The van der Waals surface area contributed by atoms with Gasteiger partial charge in [-0.15, -0.1) is 5.92 Å². The van der Waals surface area contributed by atoms with E-state index in [2.05, 4.69) is 11.8 Å². The van der Waals surface area contributed by atoms with E-state index in [1.165, 1.54) is 0 Å². The van der Waals surface area contributed by atoms with Gasteiger partial charge in [-0.25, -0.2) is 8.42 Å². The van der Waals surface area contributed by atoms with Crippen LogP contribution in [0.3, 0.4) is 0 Å². The van der Waals surface area contributed by atoms with Crippen molar-refractivity contribution in [3.63, 3.8) is 0 Å². The van der Waals surface area contributed by atoms with Crippen LogP contribution in [0.4, 0.5) is 0 Å². The monoisotopic (exact) mass is 293 g/mol. The lowest BCUT2D eigenvalue weighted by Gasteiger charge is -2.25. The minimum Gasteiger partial charge on any atom is -0.481 e. The molecule has 1 saturated heterocycles. The van der Waals surface area contributed by atoms with E-state index in [9.17, 15) is 8.42 Å². The van der Waals surface area contributed by atoms with Crippen LogP contribution in [0.1, 0.15) is 26.2 Å². The van der Waals surface area contributed by atoms with Crippen LogP contribution in [0.5, 0.6) is 5.75 Å². The molecule has 1 aromatic carbocycles. The van der Waals surface area contributed by atoms with Gasteiger partial charge >= 0.3 is 0 Å². The maximum Gasteiger partial charge on any atom is 0.243 e. The van der Waals surface area contributed by atoms with Crippen LogP contribution in [0.15, 0.2) is 29.2 Å². The van der Waals surface area contributed by atoms with Crippen molar-refractivity contribution >= 4 is 10.0 Å². The van der Waals surface area contributed by atoms with Gasteiger partial charge in [-0.2, -0.15) is 4.31 Å². The number of rotatable bonds is 4. The molecule has 5 heteroatoms. The van der Waals surface area contributed by atoms with E-state index in [0.29, 0.717) is 30.3 Å². The third-order valence-corrected chi connectivity index (χ3v) is 5.18. The molecule has 2 rings (SSSR count). The van der Waals surface area contributed by atoms with Gasteiger partial charge < -0.3 is 4.74 Å². The molecule has 0 aromatic heterocycles. The van der Waals surface area contributed by atoms with Crippen LogP contribution >= 0.6 is 0 Å². The number of piperidine rings is 1. The normalized spacial score (nSPS) is 16.2. The SMILES string of the molecule is CC#CCOc1ccc(S(=O)(=O)N2CCCCC2)cc1. The molecule has 1 heterocycles. The standard InChI is InChI=1S/C15H19NO3S/c1-2-3-13-19-14-7-9-15(10-8-14)20(17,18)16-11-5-4-6-12-16/h7-10H,4-6,11-13H2,1H3. The highest BCUT2D eigenvalue weighted by Gasteiger charge is 2.25. The highest BCUT2D eigenvalue weighted by molar-refractivity contribution is 7.89. The van der Waals surface area contributed by atoms with Crippen molar-refractivity contribution in [2.45, 2.75) is 31.1 Å². The van der Waals surface area contributed by atoms with E-state index in [-0.39, 0.29) is 0 Å². The zero-order valence-electron chi connectivity index (χ0n) is 11.6. The first kappa shape index (κ1) is 14.9. The quantitative estimate of drug-likeness (QED) is 0.800. The first-order valence-corrected chi connectivity index (χ1v) is 8.21. The third-order valence-electron chi connectivity index (χ3n) is 3.26. The minimum atomic E-state index is -3.35. The zero-order valence-corrected chi connectivity index (χ0v) is 12.4. The minimum absolute atomic E-state index is 0.314. The van der Waals surface area contributed by atoms with Crippen molar-refractivity contribution in [1.82, 2.24) is 4.31 Å². The summed E-state index contributed by atoms with van der Waals surface area (Å²) < 4.78 is 31.8. The van der Waals surface area contributed by atoms with Crippen LogP contribution in [0.25, 0.3) is 0 Å². The number of sulfonamides is 1. The smallest absolute Gasteiger partial charge is 0.243 e. The van der Waals surface area contributed by atoms with Gasteiger partial charge in [-0.05, 0) is 44.0 Å². The summed E-state index contributed by atoms with van der Waals surface area (Å²) in [6.07, 6.45) is 2.99. The zero-order chi connectivity index (χ0) is 14.4. The molecular formula is C15H19NO3S. The average molecular weight is 293 g/mol. The van der Waals surface area contributed by atoms with Crippen LogP contribution in [0.2, 0.25) is 0 Å². The van der Waals surface area contributed by atoms with Gasteiger partial charge in [0.05, 0.1) is 4.90 Å². The van der Waals surface area contributed by atoms with E-state index in [0.717, 1.165) is 19.3 Å². The van der Waals surface area contributed by atoms with Crippen molar-refractivity contribution in [3.05, 3.63) is 24.3 Å². The Morgan fingerprint density at radius 3 is 2.40 bits per heavy atom. The summed E-state index contributed by atoms with van der Waals surface area (Å²) in [7, 11) is -3.35. The van der Waals surface area contributed by atoms with Gasteiger partial charge in [-0.3, -0.25) is 0 Å². The van der Waals surface area contributed by atoms with Crippen LogP contribution in [-0.4, -0.2) is 32.4 Å². The number of ether oxygens (including phenoxy) is 1. The summed E-state index contributed by atoms with van der Waals surface area (Å²) in [4.78, 5) is 0.327. The first-order chi connectivity index (χ1) is 9.64. The Bertz CT molecular complexity index is 590.